The fraction of sp³-hybridized carbons (Fsp3) is 0.400. The zero-order valence-electron chi connectivity index (χ0n) is 21.4. The smallest absolute Gasteiger partial charge is 0.161 e. The van der Waals surface area contributed by atoms with Crippen LogP contribution in [-0.2, 0) is 11.2 Å². The molecule has 6 nitrogen and oxygen atoms in total. The Labute approximate surface area is 223 Å². The zero-order valence-corrected chi connectivity index (χ0v) is 22.2. The molecule has 2 atom stereocenters. The third kappa shape index (κ3) is 5.35. The van der Waals surface area contributed by atoms with Crippen LogP contribution in [0, 0.1) is 0 Å². The number of fused-ring (bicyclic) bond motifs is 2. The SMILES string of the molecule is CC(C)(O)c1ccc2c(c1)C(=CCCN1CCC(O)(c3ccc(Cl)cc3)C(O)C1)C1=CC=CCN1CO2. The van der Waals surface area contributed by atoms with Gasteiger partial charge in [-0.3, -0.25) is 0 Å². The van der Waals surface area contributed by atoms with Gasteiger partial charge in [0.15, 0.2) is 6.73 Å². The van der Waals surface area contributed by atoms with Gasteiger partial charge in [0.25, 0.3) is 0 Å². The highest BCUT2D eigenvalue weighted by Gasteiger charge is 2.41. The minimum Gasteiger partial charge on any atom is -0.472 e. The van der Waals surface area contributed by atoms with Crippen molar-refractivity contribution in [3.05, 3.63) is 94.2 Å². The van der Waals surface area contributed by atoms with Crippen LogP contribution in [0.25, 0.3) is 5.57 Å². The summed E-state index contributed by atoms with van der Waals surface area (Å²) in [6.07, 6.45) is 8.85. The van der Waals surface area contributed by atoms with E-state index in [4.69, 9.17) is 16.3 Å². The number of hydrogen-bond acceptors (Lipinski definition) is 6. The number of β-amino-alcohol motifs (C(OH)–C–C–N with tert-alkyl or cyclic N) is 1. The van der Waals surface area contributed by atoms with E-state index in [1.54, 1.807) is 38.1 Å². The van der Waals surface area contributed by atoms with Crippen molar-refractivity contribution in [1.29, 1.82) is 0 Å². The summed E-state index contributed by atoms with van der Waals surface area (Å²) in [6, 6.07) is 13.0. The van der Waals surface area contributed by atoms with E-state index in [0.717, 1.165) is 47.7 Å². The first-order chi connectivity index (χ1) is 17.6. The average Bonchev–Trinajstić information content (AvgIpc) is 3.03. The molecule has 0 aromatic heterocycles. The number of rotatable bonds is 5. The molecule has 2 aromatic rings. The number of aliphatic hydroxyl groups excluding tert-OH is 1. The number of nitrogens with zero attached hydrogens (tertiary/aromatic N) is 2. The Kier molecular flexibility index (Phi) is 7.22. The minimum absolute atomic E-state index is 0.391. The van der Waals surface area contributed by atoms with Crippen LogP contribution in [-0.4, -0.2) is 64.1 Å². The molecule has 7 heteroatoms. The molecule has 0 radical (unpaired) electrons. The van der Waals surface area contributed by atoms with E-state index in [2.05, 4.69) is 34.1 Å². The van der Waals surface area contributed by atoms with Gasteiger partial charge in [-0.2, -0.15) is 0 Å². The van der Waals surface area contributed by atoms with Gasteiger partial charge < -0.3 is 29.9 Å². The lowest BCUT2D eigenvalue weighted by Gasteiger charge is -2.42. The third-order valence-electron chi connectivity index (χ3n) is 7.61. The molecule has 2 unspecified atom stereocenters. The summed E-state index contributed by atoms with van der Waals surface area (Å²) < 4.78 is 6.15. The van der Waals surface area contributed by atoms with Gasteiger partial charge in [-0.1, -0.05) is 48.0 Å². The Morgan fingerprint density at radius 3 is 2.70 bits per heavy atom. The lowest BCUT2D eigenvalue weighted by Crippen LogP contribution is -2.53. The highest BCUT2D eigenvalue weighted by molar-refractivity contribution is 6.30. The summed E-state index contributed by atoms with van der Waals surface area (Å²) in [5.74, 6) is 0.802. The van der Waals surface area contributed by atoms with E-state index in [-0.39, 0.29) is 0 Å². The number of allylic oxidation sites excluding steroid dienone is 3. The van der Waals surface area contributed by atoms with Crippen molar-refractivity contribution in [2.75, 3.05) is 32.9 Å². The molecule has 3 aliphatic heterocycles. The number of likely N-dealkylation sites (tertiary alicyclic amines) is 1. The molecular formula is C30H35ClN2O4. The van der Waals surface area contributed by atoms with Gasteiger partial charge in [-0.25, -0.2) is 0 Å². The van der Waals surface area contributed by atoms with Gasteiger partial charge >= 0.3 is 0 Å². The molecule has 0 amide bonds. The van der Waals surface area contributed by atoms with Gasteiger partial charge in [0, 0.05) is 48.0 Å². The Morgan fingerprint density at radius 2 is 1.97 bits per heavy atom. The summed E-state index contributed by atoms with van der Waals surface area (Å²) in [4.78, 5) is 4.40. The van der Waals surface area contributed by atoms with E-state index < -0.39 is 17.3 Å². The first kappa shape index (κ1) is 26.0. The van der Waals surface area contributed by atoms with Gasteiger partial charge in [0.05, 0.1) is 11.7 Å². The summed E-state index contributed by atoms with van der Waals surface area (Å²) in [7, 11) is 0. The molecule has 1 saturated heterocycles. The molecule has 3 heterocycles. The first-order valence-electron chi connectivity index (χ1n) is 12.9. The highest BCUT2D eigenvalue weighted by Crippen LogP contribution is 2.39. The predicted octanol–water partition coefficient (Wildman–Crippen LogP) is 4.40. The largest absolute Gasteiger partial charge is 0.472 e. The molecule has 0 saturated carbocycles. The summed E-state index contributed by atoms with van der Waals surface area (Å²) in [6.45, 7) is 6.64. The average molecular weight is 523 g/mol. The minimum atomic E-state index is -1.27. The Morgan fingerprint density at radius 1 is 1.19 bits per heavy atom. The third-order valence-corrected chi connectivity index (χ3v) is 7.87. The van der Waals surface area contributed by atoms with Gasteiger partial charge in [0.1, 0.15) is 11.4 Å². The number of piperidine rings is 1. The molecule has 37 heavy (non-hydrogen) atoms. The van der Waals surface area contributed by atoms with Crippen LogP contribution in [0.5, 0.6) is 5.75 Å². The zero-order chi connectivity index (χ0) is 26.2. The van der Waals surface area contributed by atoms with Crippen molar-refractivity contribution in [3.63, 3.8) is 0 Å². The second-order valence-corrected chi connectivity index (χ2v) is 11.1. The van der Waals surface area contributed by atoms with Gasteiger partial charge in [0.2, 0.25) is 0 Å². The first-order valence-corrected chi connectivity index (χ1v) is 13.2. The summed E-state index contributed by atoms with van der Waals surface area (Å²) in [5.41, 5.74) is 2.45. The number of benzene rings is 2. The number of aliphatic hydroxyl groups is 3. The molecule has 196 valence electrons. The summed E-state index contributed by atoms with van der Waals surface area (Å²) in [5, 5.41) is 33.4. The molecule has 2 aromatic carbocycles. The van der Waals surface area contributed by atoms with Gasteiger partial charge in [-0.05, 0) is 68.2 Å². The van der Waals surface area contributed by atoms with Crippen LogP contribution in [0.2, 0.25) is 5.02 Å². The maximum absolute atomic E-state index is 11.2. The second kappa shape index (κ2) is 10.3. The summed E-state index contributed by atoms with van der Waals surface area (Å²) >= 11 is 6.00. The highest BCUT2D eigenvalue weighted by atomic mass is 35.5. The normalized spacial score (nSPS) is 25.2. The van der Waals surface area contributed by atoms with Crippen molar-refractivity contribution in [3.8, 4) is 5.75 Å². The van der Waals surface area contributed by atoms with Crippen LogP contribution in [0.4, 0.5) is 0 Å². The van der Waals surface area contributed by atoms with Crippen LogP contribution >= 0.6 is 11.6 Å². The number of hydrogen-bond donors (Lipinski definition) is 3. The number of ether oxygens (including phenoxy) is 1. The number of halogens is 1. The fourth-order valence-electron chi connectivity index (χ4n) is 5.33. The maximum atomic E-state index is 11.2. The molecular weight excluding hydrogens is 488 g/mol. The van der Waals surface area contributed by atoms with Gasteiger partial charge in [-0.15, -0.1) is 0 Å². The monoisotopic (exact) mass is 522 g/mol. The molecule has 3 N–H and O–H groups in total. The maximum Gasteiger partial charge on any atom is 0.161 e. The van der Waals surface area contributed by atoms with E-state index >= 15 is 0 Å². The lowest BCUT2D eigenvalue weighted by molar-refractivity contribution is -0.124. The van der Waals surface area contributed by atoms with Crippen LogP contribution in [0.15, 0.2) is 72.5 Å². The standard InChI is InChI=1S/C30H35ClN2O4/c1-29(2,35)22-10-13-27-25(18-22)24(26-7-3-4-16-33(26)20-37-27)6-5-15-32-17-14-30(36,28(34)19-32)21-8-11-23(31)12-9-21/h3-4,6-13,18,28,34-36H,5,14-17,19-20H2,1-2H3. The molecule has 0 aliphatic carbocycles. The Bertz CT molecular complexity index is 1230. The predicted molar refractivity (Wildman–Crippen MR) is 146 cm³/mol. The van der Waals surface area contributed by atoms with E-state index in [9.17, 15) is 15.3 Å². The van der Waals surface area contributed by atoms with E-state index in [1.165, 1.54) is 0 Å². The second-order valence-electron chi connectivity index (χ2n) is 10.6. The van der Waals surface area contributed by atoms with Crippen LogP contribution < -0.4 is 4.74 Å². The van der Waals surface area contributed by atoms with Crippen molar-refractivity contribution in [2.45, 2.75) is 44.0 Å². The lowest BCUT2D eigenvalue weighted by atomic mass is 9.82. The van der Waals surface area contributed by atoms with Crippen molar-refractivity contribution >= 4 is 17.2 Å². The van der Waals surface area contributed by atoms with Crippen LogP contribution in [0.1, 0.15) is 43.4 Å². The molecule has 1 fully saturated rings. The Balaban J connectivity index is 1.35. The van der Waals surface area contributed by atoms with E-state index in [1.807, 2.05) is 18.2 Å². The molecule has 0 spiro atoms. The quantitative estimate of drug-likeness (QED) is 0.540. The Hall–Kier alpha value is -2.61. The molecule has 5 rings (SSSR count). The molecule has 3 aliphatic rings. The van der Waals surface area contributed by atoms with Crippen molar-refractivity contribution < 1.29 is 20.1 Å². The van der Waals surface area contributed by atoms with E-state index in [0.29, 0.717) is 36.8 Å². The van der Waals surface area contributed by atoms with Crippen LogP contribution in [0.3, 0.4) is 0 Å². The topological polar surface area (TPSA) is 76.4 Å². The van der Waals surface area contributed by atoms with Crippen molar-refractivity contribution in [2.24, 2.45) is 0 Å². The van der Waals surface area contributed by atoms with Crippen molar-refractivity contribution in [1.82, 2.24) is 9.80 Å². The molecule has 0 bridgehead atoms. The fourth-order valence-corrected chi connectivity index (χ4v) is 5.46.